The van der Waals surface area contributed by atoms with Gasteiger partial charge in [0, 0.05) is 30.2 Å². The van der Waals surface area contributed by atoms with Crippen molar-refractivity contribution in [2.75, 3.05) is 32.1 Å². The summed E-state index contributed by atoms with van der Waals surface area (Å²) in [6.45, 7) is 2.14. The van der Waals surface area contributed by atoms with Crippen LogP contribution in [0, 0.1) is 0 Å². The van der Waals surface area contributed by atoms with Gasteiger partial charge in [0.2, 0.25) is 0 Å². The number of hydrogen-bond acceptors (Lipinski definition) is 4. The Balaban J connectivity index is 1.96. The van der Waals surface area contributed by atoms with Crippen LogP contribution in [0.15, 0.2) is 11.4 Å². The van der Waals surface area contributed by atoms with Gasteiger partial charge < -0.3 is 9.80 Å². The second-order valence-corrected chi connectivity index (χ2v) is 4.79. The Labute approximate surface area is 87.9 Å². The maximum atomic E-state index is 10.5. The first-order valence-corrected chi connectivity index (χ1v) is 5.54. The molecule has 2 rings (SSSR count). The standard InChI is InChI=1S/C10H14N2OS/c1-11(2)9-4-12(5-9)8-3-10(6-13)14-7-8/h3,6-7,9H,4-5H2,1-2H3. The molecule has 4 heteroatoms. The van der Waals surface area contributed by atoms with Crippen molar-refractivity contribution in [1.82, 2.24) is 4.90 Å². The third-order valence-electron chi connectivity index (χ3n) is 2.68. The van der Waals surface area contributed by atoms with E-state index in [0.717, 1.165) is 24.3 Å². The molecule has 76 valence electrons. The molecule has 0 aromatic carbocycles. The van der Waals surface area contributed by atoms with E-state index in [-0.39, 0.29) is 0 Å². The SMILES string of the molecule is CN(C)C1CN(c2csc(C=O)c2)C1. The predicted octanol–water partition coefficient (Wildman–Crippen LogP) is 1.31. The van der Waals surface area contributed by atoms with Gasteiger partial charge in [0.1, 0.15) is 0 Å². The second kappa shape index (κ2) is 3.71. The topological polar surface area (TPSA) is 23.6 Å². The normalized spacial score (nSPS) is 17.2. The van der Waals surface area contributed by atoms with E-state index in [1.807, 2.05) is 6.07 Å². The number of aldehydes is 1. The lowest BCUT2D eigenvalue weighted by Gasteiger charge is -2.43. The second-order valence-electron chi connectivity index (χ2n) is 3.85. The Morgan fingerprint density at radius 3 is 2.79 bits per heavy atom. The van der Waals surface area contributed by atoms with Crippen LogP contribution < -0.4 is 4.90 Å². The minimum Gasteiger partial charge on any atom is -0.368 e. The Morgan fingerprint density at radius 1 is 1.57 bits per heavy atom. The van der Waals surface area contributed by atoms with Gasteiger partial charge in [-0.2, -0.15) is 0 Å². The molecule has 0 radical (unpaired) electrons. The molecule has 1 aromatic heterocycles. The summed E-state index contributed by atoms with van der Waals surface area (Å²) in [5.74, 6) is 0. The van der Waals surface area contributed by atoms with Crippen LogP contribution in [-0.2, 0) is 0 Å². The van der Waals surface area contributed by atoms with Crippen LogP contribution in [0.1, 0.15) is 9.67 Å². The molecule has 2 heterocycles. The quantitative estimate of drug-likeness (QED) is 0.703. The van der Waals surface area contributed by atoms with Crippen molar-refractivity contribution < 1.29 is 4.79 Å². The molecule has 0 spiro atoms. The molecular weight excluding hydrogens is 196 g/mol. The van der Waals surface area contributed by atoms with Crippen molar-refractivity contribution in [2.24, 2.45) is 0 Å². The fourth-order valence-corrected chi connectivity index (χ4v) is 2.28. The van der Waals surface area contributed by atoms with E-state index in [2.05, 4.69) is 29.3 Å². The number of thiophene rings is 1. The van der Waals surface area contributed by atoms with Crippen LogP contribution >= 0.6 is 11.3 Å². The number of likely N-dealkylation sites (N-methyl/N-ethyl adjacent to an activating group) is 1. The van der Waals surface area contributed by atoms with Crippen molar-refractivity contribution in [3.63, 3.8) is 0 Å². The fourth-order valence-electron chi connectivity index (χ4n) is 1.56. The Morgan fingerprint density at radius 2 is 2.29 bits per heavy atom. The van der Waals surface area contributed by atoms with E-state index in [1.54, 1.807) is 0 Å². The monoisotopic (exact) mass is 210 g/mol. The highest BCUT2D eigenvalue weighted by Crippen LogP contribution is 2.27. The average molecular weight is 210 g/mol. The fraction of sp³-hybridized carbons (Fsp3) is 0.500. The van der Waals surface area contributed by atoms with Gasteiger partial charge in [-0.15, -0.1) is 11.3 Å². The lowest BCUT2D eigenvalue weighted by molar-refractivity contribution is 0.112. The minimum atomic E-state index is 0.662. The highest BCUT2D eigenvalue weighted by atomic mass is 32.1. The molecule has 0 unspecified atom stereocenters. The third-order valence-corrected chi connectivity index (χ3v) is 3.53. The van der Waals surface area contributed by atoms with E-state index in [9.17, 15) is 4.79 Å². The average Bonchev–Trinajstić information content (AvgIpc) is 2.49. The third kappa shape index (κ3) is 1.67. The smallest absolute Gasteiger partial charge is 0.160 e. The van der Waals surface area contributed by atoms with Crippen LogP contribution in [-0.4, -0.2) is 44.4 Å². The molecule has 0 N–H and O–H groups in total. The van der Waals surface area contributed by atoms with Crippen LogP contribution in [0.5, 0.6) is 0 Å². The first kappa shape index (κ1) is 9.68. The van der Waals surface area contributed by atoms with Gasteiger partial charge in [-0.05, 0) is 20.2 Å². The first-order chi connectivity index (χ1) is 6.70. The van der Waals surface area contributed by atoms with Crippen molar-refractivity contribution in [2.45, 2.75) is 6.04 Å². The highest BCUT2D eigenvalue weighted by molar-refractivity contribution is 7.12. The summed E-state index contributed by atoms with van der Waals surface area (Å²) >= 11 is 1.51. The van der Waals surface area contributed by atoms with Crippen LogP contribution in [0.2, 0.25) is 0 Å². The first-order valence-electron chi connectivity index (χ1n) is 4.66. The summed E-state index contributed by atoms with van der Waals surface area (Å²) in [5, 5.41) is 2.05. The van der Waals surface area contributed by atoms with E-state index in [0.29, 0.717) is 6.04 Å². The summed E-state index contributed by atoms with van der Waals surface area (Å²) in [7, 11) is 4.21. The summed E-state index contributed by atoms with van der Waals surface area (Å²) in [5.41, 5.74) is 1.19. The van der Waals surface area contributed by atoms with Gasteiger partial charge >= 0.3 is 0 Å². The largest absolute Gasteiger partial charge is 0.368 e. The molecule has 14 heavy (non-hydrogen) atoms. The molecule has 0 atom stereocenters. The molecule has 0 saturated carbocycles. The molecule has 1 aliphatic rings. The van der Waals surface area contributed by atoms with Crippen LogP contribution in [0.3, 0.4) is 0 Å². The number of nitrogens with zero attached hydrogens (tertiary/aromatic N) is 2. The maximum absolute atomic E-state index is 10.5. The molecule has 1 aliphatic heterocycles. The van der Waals surface area contributed by atoms with E-state index in [4.69, 9.17) is 0 Å². The highest BCUT2D eigenvalue weighted by Gasteiger charge is 2.28. The zero-order valence-electron chi connectivity index (χ0n) is 8.43. The van der Waals surface area contributed by atoms with Crippen LogP contribution in [0.25, 0.3) is 0 Å². The van der Waals surface area contributed by atoms with Gasteiger partial charge in [0.15, 0.2) is 6.29 Å². The van der Waals surface area contributed by atoms with Gasteiger partial charge in [-0.1, -0.05) is 0 Å². The van der Waals surface area contributed by atoms with Crippen molar-refractivity contribution in [1.29, 1.82) is 0 Å². The Bertz CT molecular complexity index is 329. The van der Waals surface area contributed by atoms with Gasteiger partial charge in [-0.25, -0.2) is 0 Å². The lowest BCUT2D eigenvalue weighted by Crippen LogP contribution is -2.57. The summed E-state index contributed by atoms with van der Waals surface area (Å²) in [6.07, 6.45) is 0.914. The summed E-state index contributed by atoms with van der Waals surface area (Å²) in [4.78, 5) is 15.9. The van der Waals surface area contributed by atoms with Gasteiger partial charge in [-0.3, -0.25) is 4.79 Å². The predicted molar refractivity (Wildman–Crippen MR) is 59.4 cm³/mol. The summed E-state index contributed by atoms with van der Waals surface area (Å²) in [6, 6.07) is 2.62. The molecule has 0 amide bonds. The van der Waals surface area contributed by atoms with E-state index < -0.39 is 0 Å². The van der Waals surface area contributed by atoms with Crippen molar-refractivity contribution in [3.05, 3.63) is 16.3 Å². The van der Waals surface area contributed by atoms with Gasteiger partial charge in [0.25, 0.3) is 0 Å². The number of hydrogen-bond donors (Lipinski definition) is 0. The maximum Gasteiger partial charge on any atom is 0.160 e. The summed E-state index contributed by atoms with van der Waals surface area (Å²) < 4.78 is 0. The number of rotatable bonds is 3. The zero-order valence-corrected chi connectivity index (χ0v) is 9.25. The van der Waals surface area contributed by atoms with E-state index >= 15 is 0 Å². The van der Waals surface area contributed by atoms with E-state index in [1.165, 1.54) is 17.0 Å². The Kier molecular flexibility index (Phi) is 2.56. The molecule has 0 bridgehead atoms. The molecular formula is C10H14N2OS. The number of anilines is 1. The zero-order chi connectivity index (χ0) is 10.1. The lowest BCUT2D eigenvalue weighted by atomic mass is 10.1. The molecule has 1 fully saturated rings. The van der Waals surface area contributed by atoms with Crippen molar-refractivity contribution in [3.8, 4) is 0 Å². The van der Waals surface area contributed by atoms with Crippen molar-refractivity contribution >= 4 is 23.3 Å². The minimum absolute atomic E-state index is 0.662. The number of carbonyl (C=O) groups excluding carboxylic acids is 1. The number of carbonyl (C=O) groups is 1. The molecule has 0 aliphatic carbocycles. The molecule has 1 aromatic rings. The van der Waals surface area contributed by atoms with Crippen LogP contribution in [0.4, 0.5) is 5.69 Å². The Hall–Kier alpha value is -0.870. The van der Waals surface area contributed by atoms with Gasteiger partial charge in [0.05, 0.1) is 4.88 Å². The molecule has 1 saturated heterocycles. The molecule has 3 nitrogen and oxygen atoms in total.